The Kier molecular flexibility index (Phi) is 2.23. The lowest BCUT2D eigenvalue weighted by Gasteiger charge is -2.05. The molecular weight excluding hydrogens is 244 g/mol. The summed E-state index contributed by atoms with van der Waals surface area (Å²) in [4.78, 5) is 3.94. The molecule has 0 unspecified atom stereocenters. The second-order valence-corrected chi connectivity index (χ2v) is 4.10. The summed E-state index contributed by atoms with van der Waals surface area (Å²) in [6.45, 7) is 0. The molecule has 0 saturated heterocycles. The van der Waals surface area contributed by atoms with Crippen LogP contribution in [0.1, 0.15) is 0 Å². The van der Waals surface area contributed by atoms with E-state index in [0.29, 0.717) is 26.7 Å². The van der Waals surface area contributed by atoms with E-state index in [1.165, 1.54) is 12.3 Å². The van der Waals surface area contributed by atoms with Gasteiger partial charge >= 0.3 is 0 Å². The van der Waals surface area contributed by atoms with Gasteiger partial charge in [-0.1, -0.05) is 23.7 Å². The number of hydrogen-bond acceptors (Lipinski definition) is 1. The smallest absolute Gasteiger partial charge is 0.136 e. The maximum absolute atomic E-state index is 13.6. The highest BCUT2D eigenvalue weighted by Crippen LogP contribution is 2.30. The van der Waals surface area contributed by atoms with Crippen LogP contribution in [0.5, 0.6) is 0 Å². The first-order chi connectivity index (χ1) is 8.16. The number of aromatic nitrogens is 1. The highest BCUT2D eigenvalue weighted by Gasteiger charge is 2.09. The minimum atomic E-state index is -0.601. The summed E-state index contributed by atoms with van der Waals surface area (Å²) in [6, 6.07) is 7.14. The zero-order valence-electron chi connectivity index (χ0n) is 8.55. The van der Waals surface area contributed by atoms with Crippen LogP contribution in [-0.2, 0) is 0 Å². The van der Waals surface area contributed by atoms with Gasteiger partial charge in [-0.2, -0.15) is 0 Å². The largest absolute Gasteiger partial charge is 0.244 e. The van der Waals surface area contributed by atoms with Crippen LogP contribution < -0.4 is 0 Å². The van der Waals surface area contributed by atoms with Gasteiger partial charge in [-0.25, -0.2) is 13.8 Å². The first-order valence-electron chi connectivity index (χ1n) is 4.99. The zero-order valence-corrected chi connectivity index (χ0v) is 9.30. The van der Waals surface area contributed by atoms with Gasteiger partial charge < -0.3 is 0 Å². The van der Waals surface area contributed by atoms with Crippen molar-refractivity contribution in [1.82, 2.24) is 4.98 Å². The Bertz CT molecular complexity index is 740. The fraction of sp³-hybridized carbons (Fsp3) is 0. The van der Waals surface area contributed by atoms with Gasteiger partial charge in [0, 0.05) is 23.0 Å². The maximum atomic E-state index is 13.6. The first-order valence-corrected chi connectivity index (χ1v) is 5.36. The molecule has 0 amide bonds. The number of pyridine rings is 1. The summed E-state index contributed by atoms with van der Waals surface area (Å²) in [7, 11) is 0. The SMILES string of the molecule is Fc1cc(F)c2ccc3c(Cl)nccc3c2c1. The van der Waals surface area contributed by atoms with Crippen molar-refractivity contribution in [3.63, 3.8) is 0 Å². The topological polar surface area (TPSA) is 12.9 Å². The van der Waals surface area contributed by atoms with Crippen LogP contribution in [0.2, 0.25) is 5.15 Å². The lowest BCUT2D eigenvalue weighted by molar-refractivity contribution is 0.592. The van der Waals surface area contributed by atoms with Crippen molar-refractivity contribution in [2.45, 2.75) is 0 Å². The van der Waals surface area contributed by atoms with Crippen molar-refractivity contribution in [2.75, 3.05) is 0 Å². The summed E-state index contributed by atoms with van der Waals surface area (Å²) in [5.74, 6) is -1.18. The van der Waals surface area contributed by atoms with E-state index in [9.17, 15) is 8.78 Å². The molecule has 3 rings (SSSR count). The molecule has 0 atom stereocenters. The predicted molar refractivity (Wildman–Crippen MR) is 64.2 cm³/mol. The van der Waals surface area contributed by atoms with E-state index in [1.54, 1.807) is 18.2 Å². The van der Waals surface area contributed by atoms with Crippen LogP contribution in [0.4, 0.5) is 8.78 Å². The lowest BCUT2D eigenvalue weighted by Crippen LogP contribution is -1.86. The van der Waals surface area contributed by atoms with Crippen LogP contribution in [-0.4, -0.2) is 4.98 Å². The predicted octanol–water partition coefficient (Wildman–Crippen LogP) is 4.32. The highest BCUT2D eigenvalue weighted by molar-refractivity contribution is 6.35. The Balaban J connectivity index is 2.60. The van der Waals surface area contributed by atoms with Gasteiger partial charge in [-0.05, 0) is 22.9 Å². The fourth-order valence-corrected chi connectivity index (χ4v) is 2.21. The van der Waals surface area contributed by atoms with Gasteiger partial charge in [-0.15, -0.1) is 0 Å². The molecule has 1 nitrogen and oxygen atoms in total. The minimum Gasteiger partial charge on any atom is -0.244 e. The van der Waals surface area contributed by atoms with Crippen molar-refractivity contribution < 1.29 is 8.78 Å². The molecule has 0 aliphatic rings. The third-order valence-electron chi connectivity index (χ3n) is 2.74. The van der Waals surface area contributed by atoms with E-state index < -0.39 is 11.6 Å². The van der Waals surface area contributed by atoms with Crippen LogP contribution in [0.3, 0.4) is 0 Å². The van der Waals surface area contributed by atoms with E-state index in [0.717, 1.165) is 6.07 Å². The minimum absolute atomic E-state index is 0.328. The Hall–Kier alpha value is -1.74. The van der Waals surface area contributed by atoms with E-state index in [2.05, 4.69) is 4.98 Å². The Morgan fingerprint density at radius 2 is 1.65 bits per heavy atom. The van der Waals surface area contributed by atoms with E-state index in [-0.39, 0.29) is 0 Å². The maximum Gasteiger partial charge on any atom is 0.136 e. The molecule has 4 heteroatoms. The van der Waals surface area contributed by atoms with Crippen LogP contribution in [0.15, 0.2) is 36.5 Å². The molecule has 0 N–H and O–H groups in total. The second-order valence-electron chi connectivity index (χ2n) is 3.75. The second kappa shape index (κ2) is 3.64. The number of fused-ring (bicyclic) bond motifs is 3. The monoisotopic (exact) mass is 249 g/mol. The third-order valence-corrected chi connectivity index (χ3v) is 3.04. The van der Waals surface area contributed by atoms with Crippen molar-refractivity contribution >= 4 is 33.1 Å². The third kappa shape index (κ3) is 1.54. The molecule has 1 heterocycles. The molecule has 17 heavy (non-hydrogen) atoms. The molecule has 84 valence electrons. The summed E-state index contributed by atoms with van der Waals surface area (Å²) < 4.78 is 26.8. The summed E-state index contributed by atoms with van der Waals surface area (Å²) in [6.07, 6.45) is 1.52. The van der Waals surface area contributed by atoms with Crippen LogP contribution in [0.25, 0.3) is 21.5 Å². The molecule has 1 aromatic heterocycles. The average Bonchev–Trinajstić information content (AvgIpc) is 2.29. The number of nitrogens with zero attached hydrogens (tertiary/aromatic N) is 1. The molecule has 0 fully saturated rings. The quantitative estimate of drug-likeness (QED) is 0.427. The summed E-state index contributed by atoms with van der Waals surface area (Å²) in [5, 5.41) is 2.59. The first kappa shape index (κ1) is 10.4. The van der Waals surface area contributed by atoms with Gasteiger partial charge in [0.15, 0.2) is 0 Å². The van der Waals surface area contributed by atoms with Crippen molar-refractivity contribution in [1.29, 1.82) is 0 Å². The Labute approximate surface area is 101 Å². The van der Waals surface area contributed by atoms with E-state index >= 15 is 0 Å². The average molecular weight is 250 g/mol. The Morgan fingerprint density at radius 3 is 2.47 bits per heavy atom. The summed E-state index contributed by atoms with van der Waals surface area (Å²) in [5.41, 5.74) is 0. The standard InChI is InChI=1S/C13H6ClF2N/c14-13-10-2-1-9-11(8(10)3-4-17-13)5-7(15)6-12(9)16/h1-6H. The van der Waals surface area contributed by atoms with E-state index in [1.807, 2.05) is 0 Å². The van der Waals surface area contributed by atoms with Gasteiger partial charge in [0.1, 0.15) is 16.8 Å². The molecule has 2 aromatic carbocycles. The Morgan fingerprint density at radius 1 is 0.882 bits per heavy atom. The van der Waals surface area contributed by atoms with Crippen LogP contribution >= 0.6 is 11.6 Å². The normalized spacial score (nSPS) is 11.2. The van der Waals surface area contributed by atoms with Gasteiger partial charge in [0.2, 0.25) is 0 Å². The van der Waals surface area contributed by atoms with Gasteiger partial charge in [0.25, 0.3) is 0 Å². The molecule has 0 bridgehead atoms. The molecule has 0 radical (unpaired) electrons. The van der Waals surface area contributed by atoms with Crippen LogP contribution in [0, 0.1) is 11.6 Å². The highest BCUT2D eigenvalue weighted by atomic mass is 35.5. The molecular formula is C13H6ClF2N. The van der Waals surface area contributed by atoms with Crippen molar-refractivity contribution in [2.24, 2.45) is 0 Å². The molecule has 0 aliphatic carbocycles. The fourth-order valence-electron chi connectivity index (χ4n) is 1.98. The van der Waals surface area contributed by atoms with Crippen molar-refractivity contribution in [3.8, 4) is 0 Å². The number of rotatable bonds is 0. The molecule has 0 aliphatic heterocycles. The number of benzene rings is 2. The zero-order chi connectivity index (χ0) is 12.0. The lowest BCUT2D eigenvalue weighted by atomic mass is 10.0. The molecule has 3 aromatic rings. The summed E-state index contributed by atoms with van der Waals surface area (Å²) >= 11 is 5.94. The van der Waals surface area contributed by atoms with E-state index in [4.69, 9.17) is 11.6 Å². The number of hydrogen-bond donors (Lipinski definition) is 0. The van der Waals surface area contributed by atoms with Gasteiger partial charge in [-0.3, -0.25) is 0 Å². The van der Waals surface area contributed by atoms with Crippen molar-refractivity contribution in [3.05, 3.63) is 53.3 Å². The van der Waals surface area contributed by atoms with Gasteiger partial charge in [0.05, 0.1) is 0 Å². The molecule has 0 saturated carbocycles. The number of halogens is 3. The molecule has 0 spiro atoms.